The number of benzene rings is 1. The number of hydrogen-bond acceptors (Lipinski definition) is 6. The zero-order valence-corrected chi connectivity index (χ0v) is 13.6. The highest BCUT2D eigenvalue weighted by Gasteiger charge is 2.16. The number of carbonyl (C=O) groups is 1. The first-order chi connectivity index (χ1) is 12.5. The number of rotatable bonds is 6. The van der Waals surface area contributed by atoms with Gasteiger partial charge in [-0.05, 0) is 22.8 Å². The van der Waals surface area contributed by atoms with Crippen molar-refractivity contribution in [2.24, 2.45) is 5.73 Å². The number of nitrogens with zero attached hydrogens (tertiary/aromatic N) is 3. The van der Waals surface area contributed by atoms with E-state index in [-0.39, 0.29) is 17.1 Å². The monoisotopic (exact) mass is 349 g/mol. The third kappa shape index (κ3) is 3.81. The number of pyridine rings is 2. The van der Waals surface area contributed by atoms with Gasteiger partial charge in [-0.2, -0.15) is 0 Å². The van der Waals surface area contributed by atoms with Crippen molar-refractivity contribution < 1.29 is 9.72 Å². The van der Waals surface area contributed by atoms with Crippen LogP contribution in [0, 0.1) is 10.1 Å². The standard InChI is InChI=1S/C18H15N5O3/c19-17(24)16-8-15(23(25)26)11-22-18(16)21-9-12-3-5-13(6-4-12)14-2-1-7-20-10-14/h1-8,10-11H,9H2,(H2,19,24)(H,21,22). The fourth-order valence-electron chi connectivity index (χ4n) is 2.42. The lowest BCUT2D eigenvalue weighted by molar-refractivity contribution is -0.385. The van der Waals surface area contributed by atoms with E-state index in [0.29, 0.717) is 6.54 Å². The summed E-state index contributed by atoms with van der Waals surface area (Å²) in [6.45, 7) is 0.387. The summed E-state index contributed by atoms with van der Waals surface area (Å²) in [6, 6.07) is 12.8. The third-order valence-electron chi connectivity index (χ3n) is 3.76. The maximum Gasteiger partial charge on any atom is 0.288 e. The first-order valence-electron chi connectivity index (χ1n) is 7.72. The first kappa shape index (κ1) is 17.0. The van der Waals surface area contributed by atoms with Crippen LogP contribution >= 0.6 is 0 Å². The number of primary amides is 1. The molecule has 0 bridgehead atoms. The Morgan fingerprint density at radius 1 is 1.15 bits per heavy atom. The predicted molar refractivity (Wildman–Crippen MR) is 96.4 cm³/mol. The highest BCUT2D eigenvalue weighted by atomic mass is 16.6. The molecule has 3 N–H and O–H groups in total. The number of carbonyl (C=O) groups excluding carboxylic acids is 1. The molecule has 130 valence electrons. The maximum atomic E-state index is 11.5. The van der Waals surface area contributed by atoms with E-state index in [1.165, 1.54) is 0 Å². The molecule has 1 amide bonds. The van der Waals surface area contributed by atoms with E-state index in [1.807, 2.05) is 36.4 Å². The van der Waals surface area contributed by atoms with E-state index < -0.39 is 10.8 Å². The van der Waals surface area contributed by atoms with Crippen molar-refractivity contribution in [3.05, 3.63) is 82.3 Å². The minimum absolute atomic E-state index is 0.0221. The fourth-order valence-corrected chi connectivity index (χ4v) is 2.42. The Kier molecular flexibility index (Phi) is 4.84. The molecule has 0 aliphatic carbocycles. The molecule has 26 heavy (non-hydrogen) atoms. The molecule has 0 aliphatic heterocycles. The molecule has 0 atom stereocenters. The van der Waals surface area contributed by atoms with E-state index in [0.717, 1.165) is 29.0 Å². The van der Waals surface area contributed by atoms with Gasteiger partial charge in [-0.1, -0.05) is 30.3 Å². The summed E-state index contributed by atoms with van der Waals surface area (Å²) in [7, 11) is 0. The number of nitrogens with two attached hydrogens (primary N) is 1. The molecule has 8 heteroatoms. The van der Waals surface area contributed by atoms with E-state index in [2.05, 4.69) is 15.3 Å². The molecule has 3 aromatic rings. The van der Waals surface area contributed by atoms with Gasteiger partial charge in [0.05, 0.1) is 10.5 Å². The average Bonchev–Trinajstić information content (AvgIpc) is 2.67. The van der Waals surface area contributed by atoms with Gasteiger partial charge in [0.2, 0.25) is 0 Å². The molecular formula is C18H15N5O3. The highest BCUT2D eigenvalue weighted by Crippen LogP contribution is 2.21. The van der Waals surface area contributed by atoms with Crippen molar-refractivity contribution in [3.63, 3.8) is 0 Å². The van der Waals surface area contributed by atoms with Crippen LogP contribution in [0.1, 0.15) is 15.9 Å². The van der Waals surface area contributed by atoms with E-state index in [4.69, 9.17) is 5.73 Å². The number of nitro groups is 1. The summed E-state index contributed by atoms with van der Waals surface area (Å²) < 4.78 is 0. The van der Waals surface area contributed by atoms with E-state index in [1.54, 1.807) is 12.4 Å². The minimum atomic E-state index is -0.782. The van der Waals surface area contributed by atoms with Gasteiger partial charge in [0.15, 0.2) is 0 Å². The molecule has 0 fully saturated rings. The number of aromatic nitrogens is 2. The smallest absolute Gasteiger partial charge is 0.288 e. The second-order valence-electron chi connectivity index (χ2n) is 5.50. The second-order valence-corrected chi connectivity index (χ2v) is 5.50. The van der Waals surface area contributed by atoms with Crippen LogP contribution in [-0.4, -0.2) is 20.8 Å². The summed E-state index contributed by atoms with van der Waals surface area (Å²) in [5, 5.41) is 13.8. The fraction of sp³-hybridized carbons (Fsp3) is 0.0556. The molecule has 0 radical (unpaired) electrons. The second kappa shape index (κ2) is 7.39. The summed E-state index contributed by atoms with van der Waals surface area (Å²) in [5.41, 5.74) is 7.98. The Hall–Kier alpha value is -3.81. The van der Waals surface area contributed by atoms with Crippen molar-refractivity contribution in [1.82, 2.24) is 9.97 Å². The summed E-state index contributed by atoms with van der Waals surface area (Å²) >= 11 is 0. The minimum Gasteiger partial charge on any atom is -0.365 e. The molecular weight excluding hydrogens is 334 g/mol. The Labute approximate surface area is 148 Å². The van der Waals surface area contributed by atoms with Crippen LogP contribution in [0.2, 0.25) is 0 Å². The molecule has 8 nitrogen and oxygen atoms in total. The van der Waals surface area contributed by atoms with Crippen molar-refractivity contribution in [2.45, 2.75) is 6.54 Å². The molecule has 3 rings (SSSR count). The van der Waals surface area contributed by atoms with Crippen LogP contribution in [0.15, 0.2) is 61.1 Å². The van der Waals surface area contributed by atoms with Crippen LogP contribution in [0.25, 0.3) is 11.1 Å². The van der Waals surface area contributed by atoms with E-state index in [9.17, 15) is 14.9 Å². The largest absolute Gasteiger partial charge is 0.365 e. The van der Waals surface area contributed by atoms with Gasteiger partial charge in [0.1, 0.15) is 12.0 Å². The summed E-state index contributed by atoms with van der Waals surface area (Å²) in [5.74, 6) is -0.574. The van der Waals surface area contributed by atoms with Gasteiger partial charge in [-0.3, -0.25) is 19.9 Å². The SMILES string of the molecule is NC(=O)c1cc([N+](=O)[O-])cnc1NCc1ccc(-c2cccnc2)cc1. The molecule has 0 saturated heterocycles. The molecule has 1 aromatic carbocycles. The Balaban J connectivity index is 1.75. The number of nitrogens with one attached hydrogen (secondary N) is 1. The molecule has 2 heterocycles. The highest BCUT2D eigenvalue weighted by molar-refractivity contribution is 5.98. The Morgan fingerprint density at radius 3 is 2.54 bits per heavy atom. The van der Waals surface area contributed by atoms with Gasteiger partial charge in [0, 0.05) is 25.0 Å². The van der Waals surface area contributed by atoms with E-state index >= 15 is 0 Å². The van der Waals surface area contributed by atoms with Crippen molar-refractivity contribution in [2.75, 3.05) is 5.32 Å². The topological polar surface area (TPSA) is 124 Å². The van der Waals surface area contributed by atoms with Gasteiger partial charge in [-0.15, -0.1) is 0 Å². The molecule has 2 aromatic heterocycles. The molecule has 0 unspecified atom stereocenters. The Morgan fingerprint density at radius 2 is 1.92 bits per heavy atom. The lowest BCUT2D eigenvalue weighted by atomic mass is 10.1. The van der Waals surface area contributed by atoms with Gasteiger partial charge < -0.3 is 11.1 Å². The lowest BCUT2D eigenvalue weighted by Crippen LogP contribution is -2.16. The van der Waals surface area contributed by atoms with Crippen LogP contribution < -0.4 is 11.1 Å². The van der Waals surface area contributed by atoms with Crippen molar-refractivity contribution in [3.8, 4) is 11.1 Å². The van der Waals surface area contributed by atoms with Crippen LogP contribution in [0.4, 0.5) is 11.5 Å². The first-order valence-corrected chi connectivity index (χ1v) is 7.72. The molecule has 0 saturated carbocycles. The lowest BCUT2D eigenvalue weighted by Gasteiger charge is -2.09. The average molecular weight is 349 g/mol. The van der Waals surface area contributed by atoms with Gasteiger partial charge in [0.25, 0.3) is 11.6 Å². The molecule has 0 spiro atoms. The number of amides is 1. The zero-order valence-electron chi connectivity index (χ0n) is 13.6. The third-order valence-corrected chi connectivity index (χ3v) is 3.76. The van der Waals surface area contributed by atoms with Crippen molar-refractivity contribution >= 4 is 17.4 Å². The zero-order chi connectivity index (χ0) is 18.5. The molecule has 0 aliphatic rings. The van der Waals surface area contributed by atoms with Crippen LogP contribution in [-0.2, 0) is 6.54 Å². The number of anilines is 1. The normalized spacial score (nSPS) is 10.3. The maximum absolute atomic E-state index is 11.5. The van der Waals surface area contributed by atoms with Gasteiger partial charge in [-0.25, -0.2) is 4.98 Å². The van der Waals surface area contributed by atoms with Crippen molar-refractivity contribution in [1.29, 1.82) is 0 Å². The van der Waals surface area contributed by atoms with Crippen LogP contribution in [0.3, 0.4) is 0 Å². The predicted octanol–water partition coefficient (Wildman–Crippen LogP) is 2.76. The summed E-state index contributed by atoms with van der Waals surface area (Å²) in [4.78, 5) is 29.7. The van der Waals surface area contributed by atoms with Crippen LogP contribution in [0.5, 0.6) is 0 Å². The van der Waals surface area contributed by atoms with Gasteiger partial charge >= 0.3 is 0 Å². The number of hydrogen-bond donors (Lipinski definition) is 2. The quantitative estimate of drug-likeness (QED) is 0.521. The Bertz CT molecular complexity index is 943. The summed E-state index contributed by atoms with van der Waals surface area (Å²) in [6.07, 6.45) is 4.59.